The van der Waals surface area contributed by atoms with E-state index in [1.165, 1.54) is 6.07 Å². The highest BCUT2D eigenvalue weighted by atomic mass is 19.4. The van der Waals surface area contributed by atoms with Gasteiger partial charge in [-0.15, -0.1) is 0 Å². The van der Waals surface area contributed by atoms with E-state index in [9.17, 15) is 30.7 Å². The number of rotatable bonds is 2. The van der Waals surface area contributed by atoms with Crippen molar-refractivity contribution in [1.29, 1.82) is 0 Å². The van der Waals surface area contributed by atoms with Crippen LogP contribution in [0.1, 0.15) is 16.7 Å². The molecule has 0 atom stereocenters. The van der Waals surface area contributed by atoms with Gasteiger partial charge in [0.1, 0.15) is 5.56 Å². The molecular formula is C18H9F7. The fraction of sp³-hybridized carbons (Fsp3) is 0.111. The highest BCUT2D eigenvalue weighted by Gasteiger charge is 2.42. The van der Waals surface area contributed by atoms with Crippen molar-refractivity contribution < 1.29 is 30.7 Å². The van der Waals surface area contributed by atoms with Crippen LogP contribution in [0.5, 0.6) is 0 Å². The summed E-state index contributed by atoms with van der Waals surface area (Å²) >= 11 is 0. The molecule has 0 spiro atoms. The van der Waals surface area contributed by atoms with Gasteiger partial charge in [0.15, 0.2) is 23.3 Å². The Bertz CT molecular complexity index is 929. The van der Waals surface area contributed by atoms with E-state index in [0.717, 1.165) is 5.39 Å². The zero-order chi connectivity index (χ0) is 18.4. The Balaban J connectivity index is 2.11. The number of hydrogen-bond acceptors (Lipinski definition) is 0. The Morgan fingerprint density at radius 3 is 1.80 bits per heavy atom. The first-order chi connectivity index (χ1) is 11.7. The van der Waals surface area contributed by atoms with Crippen molar-refractivity contribution in [3.63, 3.8) is 0 Å². The maximum Gasteiger partial charge on any atom is 0.422 e. The summed E-state index contributed by atoms with van der Waals surface area (Å²) in [4.78, 5) is 0. The lowest BCUT2D eigenvalue weighted by Gasteiger charge is -2.14. The van der Waals surface area contributed by atoms with Crippen molar-refractivity contribution in [2.45, 2.75) is 12.6 Å². The molecule has 0 aliphatic heterocycles. The molecule has 0 radical (unpaired) electrons. The van der Waals surface area contributed by atoms with Crippen molar-refractivity contribution in [2.75, 3.05) is 0 Å². The molecule has 0 N–H and O–H groups in total. The number of fused-ring (bicyclic) bond motifs is 1. The van der Waals surface area contributed by atoms with Gasteiger partial charge in [0.2, 0.25) is 0 Å². The van der Waals surface area contributed by atoms with E-state index >= 15 is 0 Å². The van der Waals surface area contributed by atoms with Crippen LogP contribution in [0.3, 0.4) is 0 Å². The lowest BCUT2D eigenvalue weighted by molar-refractivity contribution is -0.143. The second kappa shape index (κ2) is 6.06. The Kier molecular flexibility index (Phi) is 4.18. The third kappa shape index (κ3) is 3.06. The Morgan fingerprint density at radius 2 is 1.24 bits per heavy atom. The van der Waals surface area contributed by atoms with E-state index in [4.69, 9.17) is 0 Å². The average Bonchev–Trinajstić information content (AvgIpc) is 2.56. The summed E-state index contributed by atoms with van der Waals surface area (Å²) in [6.45, 7) is 0. The summed E-state index contributed by atoms with van der Waals surface area (Å²) < 4.78 is 93.0. The molecule has 0 bridgehead atoms. The summed E-state index contributed by atoms with van der Waals surface area (Å²) in [6, 6.07) is 11.7. The second-order valence-electron chi connectivity index (χ2n) is 5.47. The second-order valence-corrected chi connectivity index (χ2v) is 5.47. The Hall–Kier alpha value is -2.57. The summed E-state index contributed by atoms with van der Waals surface area (Å²) in [6.07, 6.45) is -6.13. The quantitative estimate of drug-likeness (QED) is 0.389. The van der Waals surface area contributed by atoms with Gasteiger partial charge in [-0.25, -0.2) is 17.6 Å². The third-order valence-corrected chi connectivity index (χ3v) is 3.83. The molecule has 3 aromatic carbocycles. The summed E-state index contributed by atoms with van der Waals surface area (Å²) in [7, 11) is 0. The van der Waals surface area contributed by atoms with Crippen LogP contribution in [-0.4, -0.2) is 0 Å². The molecule has 0 heterocycles. The zero-order valence-electron chi connectivity index (χ0n) is 12.4. The molecule has 3 aromatic rings. The number of benzene rings is 3. The van der Waals surface area contributed by atoms with Crippen LogP contribution in [0.25, 0.3) is 10.8 Å². The van der Waals surface area contributed by atoms with Gasteiger partial charge in [-0.3, -0.25) is 0 Å². The molecule has 0 aromatic heterocycles. The monoisotopic (exact) mass is 358 g/mol. The average molecular weight is 358 g/mol. The smallest absolute Gasteiger partial charge is 0.203 e. The predicted octanol–water partition coefficient (Wildman–Crippen LogP) is 6.01. The molecule has 25 heavy (non-hydrogen) atoms. The molecule has 0 amide bonds. The first-order valence-corrected chi connectivity index (χ1v) is 7.10. The fourth-order valence-corrected chi connectivity index (χ4v) is 2.63. The van der Waals surface area contributed by atoms with E-state index in [2.05, 4.69) is 0 Å². The highest BCUT2D eigenvalue weighted by Crippen LogP contribution is 2.37. The number of hydrogen-bond donors (Lipinski definition) is 0. The number of halogens is 7. The van der Waals surface area contributed by atoms with Gasteiger partial charge in [0.05, 0.1) is 0 Å². The van der Waals surface area contributed by atoms with Gasteiger partial charge in [0.25, 0.3) is 0 Å². The van der Waals surface area contributed by atoms with E-state index in [0.29, 0.717) is 10.9 Å². The van der Waals surface area contributed by atoms with Crippen LogP contribution in [0, 0.1) is 23.3 Å². The van der Waals surface area contributed by atoms with E-state index in [1.54, 1.807) is 36.4 Å². The van der Waals surface area contributed by atoms with Crippen molar-refractivity contribution in [2.24, 2.45) is 0 Å². The molecule has 0 saturated heterocycles. The third-order valence-electron chi connectivity index (χ3n) is 3.83. The van der Waals surface area contributed by atoms with Gasteiger partial charge >= 0.3 is 6.18 Å². The van der Waals surface area contributed by atoms with Crippen LogP contribution in [0.2, 0.25) is 0 Å². The van der Waals surface area contributed by atoms with Crippen molar-refractivity contribution in [3.8, 4) is 0 Å². The summed E-state index contributed by atoms with van der Waals surface area (Å²) in [5.41, 5.74) is -3.35. The minimum Gasteiger partial charge on any atom is -0.203 e. The van der Waals surface area contributed by atoms with Crippen molar-refractivity contribution in [3.05, 3.63) is 82.4 Å². The minimum absolute atomic E-state index is 0.301. The molecule has 0 nitrogen and oxygen atoms in total. The maximum atomic E-state index is 14.0. The van der Waals surface area contributed by atoms with Crippen molar-refractivity contribution >= 4 is 10.8 Å². The van der Waals surface area contributed by atoms with Crippen LogP contribution in [0.15, 0.2) is 42.5 Å². The van der Waals surface area contributed by atoms with E-state index < -0.39 is 47.0 Å². The van der Waals surface area contributed by atoms with Gasteiger partial charge in [0, 0.05) is 12.0 Å². The largest absolute Gasteiger partial charge is 0.422 e. The molecule has 0 fully saturated rings. The van der Waals surface area contributed by atoms with Crippen LogP contribution in [0.4, 0.5) is 30.7 Å². The Labute approximate surface area is 137 Å². The standard InChI is InChI=1S/C18H9F7/c19-14-12(15(20)17(22)13(16(14)21)18(23,24)25)8-9-5-6-10-3-1-2-4-11(10)7-9/h1-7H,8H2. The molecule has 0 unspecified atom stereocenters. The van der Waals surface area contributed by atoms with Gasteiger partial charge < -0.3 is 0 Å². The maximum absolute atomic E-state index is 14.0. The topological polar surface area (TPSA) is 0 Å². The zero-order valence-corrected chi connectivity index (χ0v) is 12.4. The SMILES string of the molecule is Fc1c(F)c(C(F)(F)F)c(F)c(F)c1Cc1ccc2ccccc2c1. The molecule has 7 heteroatoms. The van der Waals surface area contributed by atoms with Crippen molar-refractivity contribution in [1.82, 2.24) is 0 Å². The van der Waals surface area contributed by atoms with Crippen LogP contribution < -0.4 is 0 Å². The van der Waals surface area contributed by atoms with Crippen LogP contribution in [-0.2, 0) is 12.6 Å². The van der Waals surface area contributed by atoms with Gasteiger partial charge in [-0.05, 0) is 16.3 Å². The summed E-state index contributed by atoms with van der Waals surface area (Å²) in [5, 5.41) is 1.55. The molecule has 0 aliphatic carbocycles. The van der Waals surface area contributed by atoms with E-state index in [1.807, 2.05) is 0 Å². The lowest BCUT2D eigenvalue weighted by atomic mass is 9.98. The molecule has 0 saturated carbocycles. The molecular weight excluding hydrogens is 349 g/mol. The molecule has 0 aliphatic rings. The molecule has 130 valence electrons. The number of alkyl halides is 3. The van der Waals surface area contributed by atoms with Crippen LogP contribution >= 0.6 is 0 Å². The predicted molar refractivity (Wildman–Crippen MR) is 78.0 cm³/mol. The normalized spacial score (nSPS) is 12.0. The molecule has 3 rings (SSSR count). The summed E-state index contributed by atoms with van der Waals surface area (Å²) in [5.74, 6) is -8.97. The van der Waals surface area contributed by atoms with Gasteiger partial charge in [-0.1, -0.05) is 42.5 Å². The van der Waals surface area contributed by atoms with E-state index in [-0.39, 0.29) is 0 Å². The van der Waals surface area contributed by atoms with Gasteiger partial charge in [-0.2, -0.15) is 13.2 Å². The first-order valence-electron chi connectivity index (χ1n) is 7.10. The minimum atomic E-state index is -5.54. The Morgan fingerprint density at radius 1 is 0.680 bits per heavy atom. The fourth-order valence-electron chi connectivity index (χ4n) is 2.63. The first kappa shape index (κ1) is 17.3. The lowest BCUT2D eigenvalue weighted by Crippen LogP contribution is -2.17. The highest BCUT2D eigenvalue weighted by molar-refractivity contribution is 5.83.